The Labute approximate surface area is 162 Å². The van der Waals surface area contributed by atoms with Crippen LogP contribution in [0.25, 0.3) is 0 Å². The minimum Gasteiger partial charge on any atom is -0.477 e. The van der Waals surface area contributed by atoms with E-state index in [0.717, 1.165) is 4.91 Å². The van der Waals surface area contributed by atoms with E-state index >= 15 is 0 Å². The summed E-state index contributed by atoms with van der Waals surface area (Å²) in [7, 11) is -3.72. The Morgan fingerprint density at radius 3 is 2.63 bits per heavy atom. The summed E-state index contributed by atoms with van der Waals surface area (Å²) in [4.78, 5) is 25.4. The smallest absolute Gasteiger partial charge is 0.353 e. The van der Waals surface area contributed by atoms with Gasteiger partial charge in [0.15, 0.2) is 0 Å². The molecule has 0 radical (unpaired) electrons. The Morgan fingerprint density at radius 1 is 1.48 bits per heavy atom. The molecule has 3 aliphatic rings. The number of fused-ring (bicyclic) bond motifs is 1. The highest BCUT2D eigenvalue weighted by Gasteiger charge is 2.52. The average molecular weight is 423 g/mol. The number of aliphatic hydroxyl groups is 1. The van der Waals surface area contributed by atoms with Gasteiger partial charge in [-0.1, -0.05) is 6.92 Å². The Bertz CT molecular complexity index is 726. The molecule has 0 aliphatic carbocycles. The molecule has 0 bridgehead atoms. The second kappa shape index (κ2) is 8.88. The number of carbonyl (C=O) groups excluding carboxylic acids is 1. The summed E-state index contributed by atoms with van der Waals surface area (Å²) in [6.07, 6.45) is 1.08. The number of nitrogens with zero attached hydrogens (tertiary/aromatic N) is 1. The number of β-lactam (4-membered cyclic amide) rings is 1. The molecule has 2 saturated heterocycles. The van der Waals surface area contributed by atoms with Crippen molar-refractivity contribution in [2.24, 2.45) is 11.1 Å². The quantitative estimate of drug-likeness (QED) is 0.333. The summed E-state index contributed by atoms with van der Waals surface area (Å²) in [6, 6.07) is -0.0922. The predicted molar refractivity (Wildman–Crippen MR) is 101 cm³/mol. The average Bonchev–Trinajstić information content (AvgIpc) is 3.08. The van der Waals surface area contributed by atoms with Crippen LogP contribution in [0, 0.1) is 5.92 Å². The van der Waals surface area contributed by atoms with E-state index in [1.807, 2.05) is 6.92 Å². The van der Waals surface area contributed by atoms with Crippen LogP contribution in [0.15, 0.2) is 10.6 Å². The summed E-state index contributed by atoms with van der Waals surface area (Å²) in [5.74, 6) is -1.20. The molecule has 3 rings (SSSR count). The Morgan fingerprint density at radius 2 is 2.11 bits per heavy atom. The van der Waals surface area contributed by atoms with Gasteiger partial charge < -0.3 is 20.4 Å². The van der Waals surface area contributed by atoms with Gasteiger partial charge in [-0.2, -0.15) is 8.42 Å². The summed E-state index contributed by atoms with van der Waals surface area (Å²) in [5, 5.41) is 25.3. The number of rotatable bonds is 6. The molecule has 27 heavy (non-hydrogen) atoms. The maximum atomic E-state index is 11.7. The van der Waals surface area contributed by atoms with Gasteiger partial charge >= 0.3 is 5.97 Å². The number of hydrogen-bond donors (Lipinski definition) is 5. The van der Waals surface area contributed by atoms with Crippen LogP contribution < -0.4 is 15.2 Å². The SMILES string of the molecule is CC1C(SC2CNC(CNS(N)(=O)=O)C2)=C(C(=O)O)N2C(=O)CC12.CCO. The molecule has 10 nitrogen and oxygen atoms in total. The summed E-state index contributed by atoms with van der Waals surface area (Å²) < 4.78 is 24.1. The van der Waals surface area contributed by atoms with Crippen LogP contribution in [0.1, 0.15) is 26.7 Å². The van der Waals surface area contributed by atoms with Gasteiger partial charge in [0.1, 0.15) is 5.70 Å². The summed E-state index contributed by atoms with van der Waals surface area (Å²) in [5.41, 5.74) is 0.111. The zero-order valence-corrected chi connectivity index (χ0v) is 16.8. The van der Waals surface area contributed by atoms with Crippen molar-refractivity contribution in [1.29, 1.82) is 0 Å². The number of carboxylic acid groups (broad SMARTS) is 1. The number of nitrogens with two attached hydrogens (primary N) is 1. The van der Waals surface area contributed by atoms with Crippen LogP contribution in [-0.2, 0) is 19.8 Å². The maximum absolute atomic E-state index is 11.7. The normalized spacial score (nSPS) is 29.9. The number of aliphatic carboxylic acids is 1. The monoisotopic (exact) mass is 422 g/mol. The number of amides is 1. The van der Waals surface area contributed by atoms with Gasteiger partial charge in [0, 0.05) is 48.2 Å². The predicted octanol–water partition coefficient (Wildman–Crippen LogP) is -1.21. The third-order valence-corrected chi connectivity index (χ3v) is 6.74. The van der Waals surface area contributed by atoms with Crippen LogP contribution in [0.5, 0.6) is 0 Å². The van der Waals surface area contributed by atoms with E-state index < -0.39 is 16.2 Å². The first-order valence-electron chi connectivity index (χ1n) is 8.66. The van der Waals surface area contributed by atoms with Gasteiger partial charge in [0.2, 0.25) is 5.91 Å². The van der Waals surface area contributed by atoms with Crippen molar-refractivity contribution in [1.82, 2.24) is 14.9 Å². The lowest BCUT2D eigenvalue weighted by atomic mass is 9.94. The van der Waals surface area contributed by atoms with E-state index in [9.17, 15) is 23.1 Å². The lowest BCUT2D eigenvalue weighted by Crippen LogP contribution is -2.51. The van der Waals surface area contributed by atoms with Crippen molar-refractivity contribution >= 4 is 33.8 Å². The van der Waals surface area contributed by atoms with E-state index in [2.05, 4.69) is 10.0 Å². The Kier molecular flexibility index (Phi) is 7.27. The second-order valence-electron chi connectivity index (χ2n) is 6.63. The molecule has 3 heterocycles. The van der Waals surface area contributed by atoms with Gasteiger partial charge in [0.25, 0.3) is 10.2 Å². The first-order chi connectivity index (χ1) is 12.6. The third-order valence-electron chi connectivity index (χ3n) is 4.66. The molecule has 4 atom stereocenters. The molecule has 0 spiro atoms. The zero-order valence-electron chi connectivity index (χ0n) is 15.2. The molecule has 2 fully saturated rings. The van der Waals surface area contributed by atoms with Gasteiger partial charge in [-0.3, -0.25) is 4.79 Å². The first-order valence-corrected chi connectivity index (χ1v) is 11.1. The largest absolute Gasteiger partial charge is 0.477 e. The van der Waals surface area contributed by atoms with Gasteiger partial charge in [-0.15, -0.1) is 11.8 Å². The standard InChI is InChI=1S/C13H20N4O5S2.C2H6O/c1-6-9-3-10(18)17(9)11(13(19)20)12(6)23-8-2-7(15-5-8)4-16-24(14,21)22;1-2-3/h6-9,15-16H,2-5H2,1H3,(H,19,20)(H2,14,21,22);3H,2H2,1H3. The number of thioether (sulfide) groups is 1. The van der Waals surface area contributed by atoms with E-state index in [1.165, 1.54) is 16.7 Å². The van der Waals surface area contributed by atoms with Gasteiger partial charge in [0.05, 0.1) is 6.04 Å². The number of hydrogen-bond acceptors (Lipinski definition) is 7. The molecule has 0 aromatic carbocycles. The molecule has 6 N–H and O–H groups in total. The molecule has 0 saturated carbocycles. The topological polar surface area (TPSA) is 162 Å². The highest BCUT2D eigenvalue weighted by atomic mass is 32.2. The fourth-order valence-electron chi connectivity index (χ4n) is 3.44. The van der Waals surface area contributed by atoms with Crippen molar-refractivity contribution in [2.75, 3.05) is 19.7 Å². The fraction of sp³-hybridized carbons (Fsp3) is 0.733. The van der Waals surface area contributed by atoms with E-state index in [1.54, 1.807) is 6.92 Å². The lowest BCUT2D eigenvalue weighted by Gasteiger charge is -2.37. The Balaban J connectivity index is 0.000000817. The zero-order chi connectivity index (χ0) is 20.4. The van der Waals surface area contributed by atoms with Crippen molar-refractivity contribution in [3.63, 3.8) is 0 Å². The number of carboxylic acids is 1. The minimum absolute atomic E-state index is 0.0143. The van der Waals surface area contributed by atoms with E-state index in [0.29, 0.717) is 19.4 Å². The molecule has 3 aliphatic heterocycles. The molecule has 0 aromatic heterocycles. The van der Waals surface area contributed by atoms with Gasteiger partial charge in [-0.05, 0) is 13.3 Å². The van der Waals surface area contributed by atoms with Crippen molar-refractivity contribution in [3.05, 3.63) is 10.6 Å². The van der Waals surface area contributed by atoms with Crippen molar-refractivity contribution in [3.8, 4) is 0 Å². The maximum Gasteiger partial charge on any atom is 0.353 e. The molecule has 0 aromatic rings. The minimum atomic E-state index is -3.72. The number of carbonyl (C=O) groups is 2. The van der Waals surface area contributed by atoms with Gasteiger partial charge in [-0.25, -0.2) is 14.7 Å². The molecule has 12 heteroatoms. The van der Waals surface area contributed by atoms with E-state index in [4.69, 9.17) is 10.2 Å². The molecular formula is C15H26N4O6S2. The second-order valence-corrected chi connectivity index (χ2v) is 9.35. The fourth-order valence-corrected chi connectivity index (χ4v) is 5.41. The van der Waals surface area contributed by atoms with Crippen LogP contribution in [0.2, 0.25) is 0 Å². The third kappa shape index (κ3) is 5.21. The van der Waals surface area contributed by atoms with E-state index in [-0.39, 0.29) is 48.0 Å². The molecular weight excluding hydrogens is 396 g/mol. The Hall–Kier alpha value is -1.18. The summed E-state index contributed by atoms with van der Waals surface area (Å²) in [6.45, 7) is 4.72. The number of aliphatic hydroxyl groups excluding tert-OH is 1. The van der Waals surface area contributed by atoms with Crippen LogP contribution >= 0.6 is 11.8 Å². The molecule has 154 valence electrons. The van der Waals surface area contributed by atoms with Crippen molar-refractivity contribution in [2.45, 2.75) is 44.0 Å². The first kappa shape index (κ1) is 22.1. The lowest BCUT2D eigenvalue weighted by molar-refractivity contribution is -0.148. The number of nitrogens with one attached hydrogen (secondary N) is 2. The van der Waals surface area contributed by atoms with Crippen LogP contribution in [0.4, 0.5) is 0 Å². The van der Waals surface area contributed by atoms with Crippen molar-refractivity contribution < 1.29 is 28.2 Å². The molecule has 1 amide bonds. The molecule has 4 unspecified atom stereocenters. The van der Waals surface area contributed by atoms with Crippen LogP contribution in [0.3, 0.4) is 0 Å². The highest BCUT2D eigenvalue weighted by Crippen LogP contribution is 2.48. The summed E-state index contributed by atoms with van der Waals surface area (Å²) >= 11 is 1.48. The van der Waals surface area contributed by atoms with Crippen LogP contribution in [-0.4, -0.2) is 72.4 Å². The highest BCUT2D eigenvalue weighted by molar-refractivity contribution is 8.03.